The summed E-state index contributed by atoms with van der Waals surface area (Å²) in [5.74, 6) is -0.628. The highest BCUT2D eigenvalue weighted by Crippen LogP contribution is 2.13. The minimum absolute atomic E-state index is 0.178. The number of hydrogen-bond acceptors (Lipinski definition) is 2. The van der Waals surface area contributed by atoms with E-state index in [0.29, 0.717) is 6.54 Å². The van der Waals surface area contributed by atoms with Crippen molar-refractivity contribution in [1.82, 2.24) is 5.32 Å². The molecule has 0 saturated heterocycles. The number of amides is 2. The second-order valence-corrected chi connectivity index (χ2v) is 3.63. The van der Waals surface area contributed by atoms with Crippen LogP contribution in [0.4, 0.5) is 5.69 Å². The molecule has 90 valence electrons. The number of benzene rings is 1. The average Bonchev–Trinajstić information content (AvgIpc) is 2.29. The molecule has 1 aromatic rings. The first-order valence-corrected chi connectivity index (χ1v) is 5.36. The number of para-hydroxylation sites is 1. The normalized spacial score (nSPS) is 9.47. The fourth-order valence-corrected chi connectivity index (χ4v) is 1.30. The van der Waals surface area contributed by atoms with Crippen LogP contribution >= 0.6 is 0 Å². The third-order valence-electron chi connectivity index (χ3n) is 2.18. The van der Waals surface area contributed by atoms with Gasteiger partial charge in [-0.05, 0) is 18.6 Å². The lowest BCUT2D eigenvalue weighted by Crippen LogP contribution is -2.28. The maximum absolute atomic E-state index is 11.5. The molecule has 1 aromatic carbocycles. The molecular weight excluding hydrogens is 216 g/mol. The molecule has 4 nitrogen and oxygen atoms in total. The summed E-state index contributed by atoms with van der Waals surface area (Å²) in [6.07, 6.45) is 1.39. The van der Waals surface area contributed by atoms with Gasteiger partial charge in [0.2, 0.25) is 11.8 Å². The van der Waals surface area contributed by atoms with Crippen molar-refractivity contribution >= 4 is 17.5 Å². The molecular formula is C13H16N2O2. The Hall–Kier alpha value is -2.10. The molecule has 0 aliphatic carbocycles. The predicted molar refractivity (Wildman–Crippen MR) is 67.6 cm³/mol. The summed E-state index contributed by atoms with van der Waals surface area (Å²) in [5, 5.41) is 5.24. The number of anilines is 1. The van der Waals surface area contributed by atoms with Crippen molar-refractivity contribution in [3.63, 3.8) is 0 Å². The summed E-state index contributed by atoms with van der Waals surface area (Å²) in [6, 6.07) is 7.42. The fraction of sp³-hybridized carbons (Fsp3) is 0.231. The Balaban J connectivity index is 2.47. The van der Waals surface area contributed by atoms with Gasteiger partial charge >= 0.3 is 0 Å². The molecule has 0 saturated carbocycles. The molecule has 0 aliphatic rings. The Kier molecular flexibility index (Phi) is 4.94. The molecule has 0 radical (unpaired) electrons. The van der Waals surface area contributed by atoms with Gasteiger partial charge in [-0.1, -0.05) is 24.3 Å². The van der Waals surface area contributed by atoms with Crippen LogP contribution in [0.25, 0.3) is 0 Å². The van der Waals surface area contributed by atoms with Crippen LogP contribution in [-0.2, 0) is 9.59 Å². The highest BCUT2D eigenvalue weighted by atomic mass is 16.2. The van der Waals surface area contributed by atoms with Gasteiger partial charge in [0.25, 0.3) is 0 Å². The van der Waals surface area contributed by atoms with Crippen molar-refractivity contribution in [2.24, 2.45) is 0 Å². The highest BCUT2D eigenvalue weighted by Gasteiger charge is 2.09. The summed E-state index contributed by atoms with van der Waals surface area (Å²) < 4.78 is 0. The van der Waals surface area contributed by atoms with E-state index >= 15 is 0 Å². The number of carbonyl (C=O) groups is 2. The summed E-state index contributed by atoms with van der Waals surface area (Å²) in [7, 11) is 0. The molecule has 1 rings (SSSR count). The van der Waals surface area contributed by atoms with Gasteiger partial charge in [-0.3, -0.25) is 9.59 Å². The first-order valence-electron chi connectivity index (χ1n) is 5.36. The van der Waals surface area contributed by atoms with Crippen molar-refractivity contribution in [2.75, 3.05) is 11.9 Å². The maximum atomic E-state index is 11.5. The third kappa shape index (κ3) is 4.51. The van der Waals surface area contributed by atoms with E-state index in [1.165, 1.54) is 0 Å². The standard InChI is InChI=1S/C13H16N2O2/c1-3-8-14-12(16)9-13(17)15-11-7-5-4-6-10(11)2/h3-7H,1,8-9H2,2H3,(H,14,16)(H,15,17). The summed E-state index contributed by atoms with van der Waals surface area (Å²) in [4.78, 5) is 22.8. The number of nitrogens with one attached hydrogen (secondary N) is 2. The lowest BCUT2D eigenvalue weighted by atomic mass is 10.2. The van der Waals surface area contributed by atoms with Gasteiger partial charge in [0, 0.05) is 12.2 Å². The molecule has 2 amide bonds. The zero-order valence-corrected chi connectivity index (χ0v) is 9.82. The quantitative estimate of drug-likeness (QED) is 0.598. The summed E-state index contributed by atoms with van der Waals surface area (Å²) in [5.41, 5.74) is 1.70. The molecule has 17 heavy (non-hydrogen) atoms. The van der Waals surface area contributed by atoms with Gasteiger partial charge in [0.15, 0.2) is 0 Å². The molecule has 0 aromatic heterocycles. The smallest absolute Gasteiger partial charge is 0.233 e. The third-order valence-corrected chi connectivity index (χ3v) is 2.18. The Morgan fingerprint density at radius 1 is 1.29 bits per heavy atom. The van der Waals surface area contributed by atoms with Crippen LogP contribution in [0, 0.1) is 6.92 Å². The zero-order valence-electron chi connectivity index (χ0n) is 9.82. The molecule has 0 unspecified atom stereocenters. The van der Waals surface area contributed by atoms with E-state index in [1.54, 1.807) is 12.1 Å². The van der Waals surface area contributed by atoms with Gasteiger partial charge in [0.05, 0.1) is 0 Å². The van der Waals surface area contributed by atoms with Crippen LogP contribution < -0.4 is 10.6 Å². The van der Waals surface area contributed by atoms with Gasteiger partial charge < -0.3 is 10.6 Å². The van der Waals surface area contributed by atoms with E-state index in [9.17, 15) is 9.59 Å². The molecule has 0 spiro atoms. The molecule has 0 atom stereocenters. The molecule has 0 fully saturated rings. The van der Waals surface area contributed by atoms with Crippen LogP contribution in [0.3, 0.4) is 0 Å². The Morgan fingerprint density at radius 3 is 2.65 bits per heavy atom. The number of aryl methyl sites for hydroxylation is 1. The van der Waals surface area contributed by atoms with E-state index in [0.717, 1.165) is 11.3 Å². The van der Waals surface area contributed by atoms with Crippen molar-refractivity contribution < 1.29 is 9.59 Å². The van der Waals surface area contributed by atoms with Crippen LogP contribution in [0.1, 0.15) is 12.0 Å². The molecule has 0 aliphatic heterocycles. The minimum Gasteiger partial charge on any atom is -0.352 e. The van der Waals surface area contributed by atoms with Crippen molar-refractivity contribution in [3.8, 4) is 0 Å². The number of hydrogen-bond donors (Lipinski definition) is 2. The first-order chi connectivity index (χ1) is 8.13. The molecule has 4 heteroatoms. The predicted octanol–water partition coefficient (Wildman–Crippen LogP) is 1.63. The van der Waals surface area contributed by atoms with Crippen molar-refractivity contribution in [1.29, 1.82) is 0 Å². The van der Waals surface area contributed by atoms with Gasteiger partial charge in [-0.2, -0.15) is 0 Å². The van der Waals surface area contributed by atoms with E-state index in [1.807, 2.05) is 25.1 Å². The summed E-state index contributed by atoms with van der Waals surface area (Å²) in [6.45, 7) is 5.74. The second kappa shape index (κ2) is 6.48. The lowest BCUT2D eigenvalue weighted by molar-refractivity contribution is -0.126. The van der Waals surface area contributed by atoms with E-state index in [4.69, 9.17) is 0 Å². The van der Waals surface area contributed by atoms with Crippen molar-refractivity contribution in [3.05, 3.63) is 42.5 Å². The molecule has 2 N–H and O–H groups in total. The molecule has 0 heterocycles. The van der Waals surface area contributed by atoms with Gasteiger partial charge in [-0.25, -0.2) is 0 Å². The monoisotopic (exact) mass is 232 g/mol. The number of carbonyl (C=O) groups excluding carboxylic acids is 2. The van der Waals surface area contributed by atoms with Crippen LogP contribution in [0.15, 0.2) is 36.9 Å². The second-order valence-electron chi connectivity index (χ2n) is 3.63. The topological polar surface area (TPSA) is 58.2 Å². The Labute approximate surface area is 101 Å². The fourth-order valence-electron chi connectivity index (χ4n) is 1.30. The van der Waals surface area contributed by atoms with E-state index in [2.05, 4.69) is 17.2 Å². The first kappa shape index (κ1) is 13.0. The van der Waals surface area contributed by atoms with Crippen LogP contribution in [0.2, 0.25) is 0 Å². The average molecular weight is 232 g/mol. The minimum atomic E-state index is -0.319. The van der Waals surface area contributed by atoms with Gasteiger partial charge in [-0.15, -0.1) is 6.58 Å². The van der Waals surface area contributed by atoms with Crippen LogP contribution in [0.5, 0.6) is 0 Å². The lowest BCUT2D eigenvalue weighted by Gasteiger charge is -2.07. The maximum Gasteiger partial charge on any atom is 0.233 e. The summed E-state index contributed by atoms with van der Waals surface area (Å²) >= 11 is 0. The zero-order chi connectivity index (χ0) is 12.7. The van der Waals surface area contributed by atoms with Gasteiger partial charge in [0.1, 0.15) is 6.42 Å². The largest absolute Gasteiger partial charge is 0.352 e. The van der Waals surface area contributed by atoms with Crippen LogP contribution in [-0.4, -0.2) is 18.4 Å². The van der Waals surface area contributed by atoms with E-state index < -0.39 is 0 Å². The Bertz CT molecular complexity index is 427. The molecule has 0 bridgehead atoms. The SMILES string of the molecule is C=CCNC(=O)CC(=O)Nc1ccccc1C. The van der Waals surface area contributed by atoms with Crippen molar-refractivity contribution in [2.45, 2.75) is 13.3 Å². The number of rotatable bonds is 5. The van der Waals surface area contributed by atoms with E-state index in [-0.39, 0.29) is 18.2 Å². The highest BCUT2D eigenvalue weighted by molar-refractivity contribution is 6.03. The Morgan fingerprint density at radius 2 is 2.00 bits per heavy atom.